The molecule has 32 heavy (non-hydrogen) atoms. The predicted molar refractivity (Wildman–Crippen MR) is 134 cm³/mol. The Kier molecular flexibility index (Phi) is 6.72. The minimum absolute atomic E-state index is 0.103. The highest BCUT2D eigenvalue weighted by Crippen LogP contribution is 2.32. The van der Waals surface area contributed by atoms with Crippen molar-refractivity contribution in [3.8, 4) is 0 Å². The SMILES string of the molecule is CCC(CC)N(c1cccc(N2CCN(C)CC2)c1)S(=O)(=O)c1ccc2ccccc2c1. The van der Waals surface area contributed by atoms with Gasteiger partial charge in [0.2, 0.25) is 0 Å². The molecule has 1 heterocycles. The molecule has 1 saturated heterocycles. The molecule has 170 valence electrons. The number of benzene rings is 3. The largest absolute Gasteiger partial charge is 0.369 e. The summed E-state index contributed by atoms with van der Waals surface area (Å²) in [5.41, 5.74) is 1.82. The Morgan fingerprint density at radius 3 is 2.22 bits per heavy atom. The molecule has 1 aliphatic heterocycles. The van der Waals surface area contributed by atoms with Crippen LogP contribution < -0.4 is 9.21 Å². The van der Waals surface area contributed by atoms with E-state index in [1.165, 1.54) is 0 Å². The molecular weight excluding hydrogens is 418 g/mol. The monoisotopic (exact) mass is 451 g/mol. The minimum atomic E-state index is -3.72. The van der Waals surface area contributed by atoms with Crippen LogP contribution in [-0.4, -0.2) is 52.6 Å². The second kappa shape index (κ2) is 9.51. The van der Waals surface area contributed by atoms with Gasteiger partial charge in [0, 0.05) is 37.9 Å². The van der Waals surface area contributed by atoms with Gasteiger partial charge in [-0.15, -0.1) is 0 Å². The lowest BCUT2D eigenvalue weighted by Gasteiger charge is -2.36. The summed E-state index contributed by atoms with van der Waals surface area (Å²) in [4.78, 5) is 5.01. The summed E-state index contributed by atoms with van der Waals surface area (Å²) in [6, 6.07) is 21.2. The number of hydrogen-bond acceptors (Lipinski definition) is 4. The molecule has 0 N–H and O–H groups in total. The molecule has 0 bridgehead atoms. The second-order valence-corrected chi connectivity index (χ2v) is 10.4. The van der Waals surface area contributed by atoms with Crippen molar-refractivity contribution in [3.63, 3.8) is 0 Å². The van der Waals surface area contributed by atoms with Gasteiger partial charge in [0.15, 0.2) is 0 Å². The Balaban J connectivity index is 1.76. The summed E-state index contributed by atoms with van der Waals surface area (Å²) < 4.78 is 29.6. The summed E-state index contributed by atoms with van der Waals surface area (Å²) in [5, 5.41) is 1.97. The van der Waals surface area contributed by atoms with Crippen molar-refractivity contribution >= 4 is 32.2 Å². The molecule has 1 aliphatic rings. The van der Waals surface area contributed by atoms with Crippen molar-refractivity contribution in [2.45, 2.75) is 37.6 Å². The topological polar surface area (TPSA) is 43.9 Å². The maximum absolute atomic E-state index is 14.0. The molecule has 4 rings (SSSR count). The van der Waals surface area contributed by atoms with E-state index >= 15 is 0 Å². The third-order valence-corrected chi connectivity index (χ3v) is 8.38. The van der Waals surface area contributed by atoms with Crippen LogP contribution in [-0.2, 0) is 10.0 Å². The quantitative estimate of drug-likeness (QED) is 0.508. The number of rotatable bonds is 7. The zero-order chi connectivity index (χ0) is 22.7. The molecule has 0 spiro atoms. The van der Waals surface area contributed by atoms with E-state index in [9.17, 15) is 8.42 Å². The lowest BCUT2D eigenvalue weighted by atomic mass is 10.1. The van der Waals surface area contributed by atoms with E-state index in [-0.39, 0.29) is 6.04 Å². The fraction of sp³-hybridized carbons (Fsp3) is 0.385. The molecule has 0 unspecified atom stereocenters. The number of sulfonamides is 1. The number of piperazine rings is 1. The second-order valence-electron chi connectivity index (χ2n) is 8.59. The van der Waals surface area contributed by atoms with Crippen molar-refractivity contribution in [1.82, 2.24) is 4.90 Å². The average Bonchev–Trinajstić information content (AvgIpc) is 2.82. The summed E-state index contributed by atoms with van der Waals surface area (Å²) in [7, 11) is -1.58. The van der Waals surface area contributed by atoms with Crippen molar-refractivity contribution in [2.75, 3.05) is 42.4 Å². The zero-order valence-corrected chi connectivity index (χ0v) is 20.1. The van der Waals surface area contributed by atoms with Crippen molar-refractivity contribution in [2.24, 2.45) is 0 Å². The van der Waals surface area contributed by atoms with Crippen LogP contribution in [0.5, 0.6) is 0 Å². The number of nitrogens with zero attached hydrogens (tertiary/aromatic N) is 3. The first kappa shape index (κ1) is 22.6. The highest BCUT2D eigenvalue weighted by molar-refractivity contribution is 7.92. The molecule has 0 saturated carbocycles. The normalized spacial score (nSPS) is 15.4. The summed E-state index contributed by atoms with van der Waals surface area (Å²) in [5.74, 6) is 0. The highest BCUT2D eigenvalue weighted by atomic mass is 32.2. The number of anilines is 2. The first-order valence-corrected chi connectivity index (χ1v) is 12.9. The third-order valence-electron chi connectivity index (χ3n) is 6.50. The van der Waals surface area contributed by atoms with Gasteiger partial charge in [-0.2, -0.15) is 0 Å². The van der Waals surface area contributed by atoms with Gasteiger partial charge in [-0.3, -0.25) is 4.31 Å². The molecule has 1 fully saturated rings. The summed E-state index contributed by atoms with van der Waals surface area (Å²) in [6.07, 6.45) is 1.50. The number of fused-ring (bicyclic) bond motifs is 1. The van der Waals surface area contributed by atoms with E-state index in [2.05, 4.69) is 36.8 Å². The van der Waals surface area contributed by atoms with Crippen LogP contribution >= 0.6 is 0 Å². The molecule has 3 aromatic carbocycles. The van der Waals surface area contributed by atoms with Crippen LogP contribution in [0.1, 0.15) is 26.7 Å². The molecule has 0 amide bonds. The molecule has 0 aromatic heterocycles. The Hall–Kier alpha value is -2.57. The van der Waals surface area contributed by atoms with Crippen molar-refractivity contribution in [3.05, 3.63) is 66.7 Å². The molecule has 5 nitrogen and oxygen atoms in total. The van der Waals surface area contributed by atoms with E-state index in [4.69, 9.17) is 0 Å². The van der Waals surface area contributed by atoms with Gasteiger partial charge in [-0.1, -0.05) is 50.2 Å². The first-order chi connectivity index (χ1) is 15.4. The van der Waals surface area contributed by atoms with Gasteiger partial charge in [0.25, 0.3) is 10.0 Å². The Morgan fingerprint density at radius 1 is 0.844 bits per heavy atom. The number of likely N-dealkylation sites (N-methyl/N-ethyl adjacent to an activating group) is 1. The van der Waals surface area contributed by atoms with Gasteiger partial charge in [0.05, 0.1) is 10.6 Å². The molecule has 6 heteroatoms. The Morgan fingerprint density at radius 2 is 1.53 bits per heavy atom. The highest BCUT2D eigenvalue weighted by Gasteiger charge is 2.31. The van der Waals surface area contributed by atoms with Crippen LogP contribution in [0.15, 0.2) is 71.6 Å². The summed E-state index contributed by atoms with van der Waals surface area (Å²) in [6.45, 7) is 8.03. The van der Waals surface area contributed by atoms with E-state index < -0.39 is 10.0 Å². The Labute approximate surface area is 192 Å². The van der Waals surface area contributed by atoms with Gasteiger partial charge < -0.3 is 9.80 Å². The van der Waals surface area contributed by atoms with E-state index in [1.54, 1.807) is 16.4 Å². The van der Waals surface area contributed by atoms with Crippen LogP contribution in [0, 0.1) is 0 Å². The van der Waals surface area contributed by atoms with Gasteiger partial charge in [0.1, 0.15) is 0 Å². The zero-order valence-electron chi connectivity index (χ0n) is 19.2. The lowest BCUT2D eigenvalue weighted by Crippen LogP contribution is -2.44. The van der Waals surface area contributed by atoms with Crippen LogP contribution in [0.2, 0.25) is 0 Å². The third kappa shape index (κ3) is 4.48. The predicted octanol–water partition coefficient (Wildman–Crippen LogP) is 4.98. The minimum Gasteiger partial charge on any atom is -0.369 e. The van der Waals surface area contributed by atoms with Crippen molar-refractivity contribution < 1.29 is 8.42 Å². The van der Waals surface area contributed by atoms with Crippen LogP contribution in [0.25, 0.3) is 10.8 Å². The number of hydrogen-bond donors (Lipinski definition) is 0. The Bertz CT molecular complexity index is 1170. The van der Waals surface area contributed by atoms with E-state index in [0.29, 0.717) is 4.90 Å². The maximum atomic E-state index is 14.0. The molecule has 0 aliphatic carbocycles. The molecule has 0 atom stereocenters. The average molecular weight is 452 g/mol. The smallest absolute Gasteiger partial charge is 0.264 e. The standard InChI is InChI=1S/C26H33N3O2S/c1-4-23(5-2)29(25-12-8-11-24(20-25)28-17-15-27(3)16-18-28)32(30,31)26-14-13-21-9-6-7-10-22(21)19-26/h6-14,19-20,23H,4-5,15-18H2,1-3H3. The van der Waals surface area contributed by atoms with Crippen LogP contribution in [0.3, 0.4) is 0 Å². The van der Waals surface area contributed by atoms with E-state index in [1.807, 2.05) is 48.5 Å². The van der Waals surface area contributed by atoms with E-state index in [0.717, 1.165) is 61.2 Å². The molecule has 0 radical (unpaired) electrons. The molecular formula is C26H33N3O2S. The molecule has 3 aromatic rings. The maximum Gasteiger partial charge on any atom is 0.264 e. The van der Waals surface area contributed by atoms with Gasteiger partial charge in [-0.25, -0.2) is 8.42 Å². The first-order valence-electron chi connectivity index (χ1n) is 11.5. The van der Waals surface area contributed by atoms with Crippen molar-refractivity contribution in [1.29, 1.82) is 0 Å². The van der Waals surface area contributed by atoms with Gasteiger partial charge >= 0.3 is 0 Å². The fourth-order valence-corrected chi connectivity index (χ4v) is 6.32. The fourth-order valence-electron chi connectivity index (χ4n) is 4.50. The van der Waals surface area contributed by atoms with Crippen LogP contribution in [0.4, 0.5) is 11.4 Å². The summed E-state index contributed by atoms with van der Waals surface area (Å²) >= 11 is 0. The lowest BCUT2D eigenvalue weighted by molar-refractivity contribution is 0.313. The van der Waals surface area contributed by atoms with Gasteiger partial charge in [-0.05, 0) is 61.0 Å².